The van der Waals surface area contributed by atoms with Gasteiger partial charge in [0.1, 0.15) is 23.0 Å². The smallest absolute Gasteiger partial charge is 0.311 e. The molecule has 0 saturated heterocycles. The summed E-state index contributed by atoms with van der Waals surface area (Å²) >= 11 is 0. The first-order valence-electron chi connectivity index (χ1n) is 23.9. The second kappa shape index (κ2) is 34.1. The summed E-state index contributed by atoms with van der Waals surface area (Å²) in [6.45, 7) is 6.65. The largest absolute Gasteiger partial charge is 0.508 e. The Balaban J connectivity index is 1.99. The number of rotatable bonds is 37. The summed E-state index contributed by atoms with van der Waals surface area (Å²) in [5.41, 5.74) is 0.828. The average molecular weight is 821 g/mol. The maximum atomic E-state index is 13.7. The van der Waals surface area contributed by atoms with Gasteiger partial charge in [0.2, 0.25) is 0 Å². The highest BCUT2D eigenvalue weighted by atomic mass is 16.5. The van der Waals surface area contributed by atoms with Crippen molar-refractivity contribution >= 4 is 23.7 Å². The van der Waals surface area contributed by atoms with Gasteiger partial charge in [-0.2, -0.15) is 0 Å². The molecule has 0 atom stereocenters. The Labute approximate surface area is 358 Å². The zero-order valence-electron chi connectivity index (χ0n) is 37.4. The zero-order chi connectivity index (χ0) is 42.8. The van der Waals surface area contributed by atoms with E-state index >= 15 is 0 Å². The number of hydrogen-bond acceptors (Lipinski definition) is 8. The van der Waals surface area contributed by atoms with Crippen LogP contribution in [0.1, 0.15) is 236 Å². The Morgan fingerprint density at radius 1 is 0.424 bits per heavy atom. The first-order chi connectivity index (χ1) is 28.8. The predicted octanol–water partition coefficient (Wildman–Crippen LogP) is 14.7. The summed E-state index contributed by atoms with van der Waals surface area (Å²) in [6, 6.07) is 9.16. The van der Waals surface area contributed by atoms with Gasteiger partial charge >= 0.3 is 17.9 Å². The summed E-state index contributed by atoms with van der Waals surface area (Å²) in [5, 5.41) is 10.2. The topological polar surface area (TPSA) is 116 Å². The number of hydrogen-bond donors (Lipinski definition) is 1. The third-order valence-corrected chi connectivity index (χ3v) is 11.1. The van der Waals surface area contributed by atoms with E-state index in [0.29, 0.717) is 18.4 Å². The molecule has 8 nitrogen and oxygen atoms in total. The monoisotopic (exact) mass is 821 g/mol. The van der Waals surface area contributed by atoms with E-state index in [1.165, 1.54) is 127 Å². The lowest BCUT2D eigenvalue weighted by Gasteiger charge is -2.13. The molecule has 0 heterocycles. The fraction of sp³-hybridized carbons (Fsp3) is 0.686. The second-order valence-electron chi connectivity index (χ2n) is 16.5. The molecule has 0 aliphatic carbocycles. The number of carbonyl (C=O) groups excluding carboxylic acids is 4. The van der Waals surface area contributed by atoms with Gasteiger partial charge in [-0.15, -0.1) is 0 Å². The number of aromatic hydroxyl groups is 1. The molecule has 0 amide bonds. The van der Waals surface area contributed by atoms with Crippen LogP contribution in [0.3, 0.4) is 0 Å². The second-order valence-corrected chi connectivity index (χ2v) is 16.5. The van der Waals surface area contributed by atoms with Gasteiger partial charge in [0.25, 0.3) is 0 Å². The van der Waals surface area contributed by atoms with Crippen LogP contribution in [-0.4, -0.2) is 28.8 Å². The Bertz CT molecular complexity index is 1450. The van der Waals surface area contributed by atoms with Crippen molar-refractivity contribution in [2.24, 2.45) is 0 Å². The van der Waals surface area contributed by atoms with Crippen LogP contribution in [-0.2, 0) is 20.8 Å². The molecule has 0 fully saturated rings. The van der Waals surface area contributed by atoms with Crippen LogP contribution < -0.4 is 14.2 Å². The zero-order valence-corrected chi connectivity index (χ0v) is 37.4. The van der Waals surface area contributed by atoms with E-state index < -0.39 is 5.97 Å². The van der Waals surface area contributed by atoms with E-state index in [2.05, 4.69) is 20.8 Å². The number of esters is 3. The quantitative estimate of drug-likeness (QED) is 0.0310. The molecule has 0 unspecified atom stereocenters. The van der Waals surface area contributed by atoms with E-state index in [9.17, 15) is 24.3 Å². The lowest BCUT2D eigenvalue weighted by molar-refractivity contribution is -0.135. The van der Waals surface area contributed by atoms with Gasteiger partial charge in [-0.25, -0.2) is 0 Å². The highest BCUT2D eigenvalue weighted by Crippen LogP contribution is 2.30. The van der Waals surface area contributed by atoms with E-state index in [1.54, 1.807) is 18.2 Å². The normalized spacial score (nSPS) is 11.1. The third kappa shape index (κ3) is 25.5. The van der Waals surface area contributed by atoms with Crippen LogP contribution in [0.5, 0.6) is 23.0 Å². The number of aryl methyl sites for hydroxylation is 1. The average Bonchev–Trinajstić information content (AvgIpc) is 3.21. The Hall–Kier alpha value is -3.68. The first-order valence-corrected chi connectivity index (χ1v) is 23.9. The van der Waals surface area contributed by atoms with Crippen molar-refractivity contribution in [3.05, 3.63) is 47.5 Å². The van der Waals surface area contributed by atoms with Gasteiger partial charge in [0.05, 0.1) is 5.56 Å². The molecule has 0 aromatic heterocycles. The number of unbranched alkanes of at least 4 members (excludes halogenated alkanes) is 24. The maximum Gasteiger partial charge on any atom is 0.311 e. The van der Waals surface area contributed by atoms with Gasteiger partial charge in [0.15, 0.2) is 5.78 Å². The van der Waals surface area contributed by atoms with Crippen molar-refractivity contribution in [1.29, 1.82) is 0 Å². The molecule has 0 bridgehead atoms. The van der Waals surface area contributed by atoms with Crippen molar-refractivity contribution in [1.82, 2.24) is 0 Å². The molecule has 59 heavy (non-hydrogen) atoms. The predicted molar refractivity (Wildman–Crippen MR) is 240 cm³/mol. The van der Waals surface area contributed by atoms with Crippen LogP contribution in [0.2, 0.25) is 0 Å². The van der Waals surface area contributed by atoms with Crippen LogP contribution >= 0.6 is 0 Å². The molecule has 8 heteroatoms. The van der Waals surface area contributed by atoms with Crippen LogP contribution in [0.4, 0.5) is 0 Å². The maximum absolute atomic E-state index is 13.7. The lowest BCUT2D eigenvalue weighted by atomic mass is 10.0. The molecule has 0 aliphatic heterocycles. The van der Waals surface area contributed by atoms with Crippen molar-refractivity contribution in [2.45, 2.75) is 226 Å². The van der Waals surface area contributed by atoms with Crippen LogP contribution in [0.25, 0.3) is 0 Å². The number of phenolic OH excluding ortho intramolecular Hbond substituents is 1. The van der Waals surface area contributed by atoms with Crippen LogP contribution in [0, 0.1) is 0 Å². The highest BCUT2D eigenvalue weighted by molar-refractivity contribution is 5.99. The minimum absolute atomic E-state index is 0.0323. The number of ketones is 1. The molecule has 2 rings (SSSR count). The van der Waals surface area contributed by atoms with Gasteiger partial charge < -0.3 is 19.3 Å². The van der Waals surface area contributed by atoms with E-state index in [1.807, 2.05) is 0 Å². The number of ether oxygens (including phenoxy) is 3. The number of Topliss-reactive ketones (excluding diaryl/α,β-unsaturated/α-hetero) is 1. The summed E-state index contributed by atoms with van der Waals surface area (Å²) < 4.78 is 17.1. The fourth-order valence-electron chi connectivity index (χ4n) is 7.38. The van der Waals surface area contributed by atoms with Gasteiger partial charge in [-0.3, -0.25) is 19.2 Å². The Morgan fingerprint density at radius 3 is 1.25 bits per heavy atom. The molecular formula is C51H80O8. The highest BCUT2D eigenvalue weighted by Gasteiger charge is 2.20. The summed E-state index contributed by atoms with van der Waals surface area (Å²) in [5.74, 6) is -0.920. The molecular weight excluding hydrogens is 741 g/mol. The minimum Gasteiger partial charge on any atom is -0.508 e. The first kappa shape index (κ1) is 51.5. The lowest BCUT2D eigenvalue weighted by Crippen LogP contribution is -2.13. The van der Waals surface area contributed by atoms with Gasteiger partial charge in [-0.05, 0) is 49.4 Å². The Morgan fingerprint density at radius 2 is 0.814 bits per heavy atom. The standard InChI is InChI=1S/C51H80O8/c1-4-7-10-13-16-19-22-25-28-31-49(54)57-44-37-38-45(48(41-44)59-51(56)33-30-27-24-21-18-15-12-9-6-3)46(53)39-35-42-34-36-43(52)40-47(42)58-50(55)32-29-26-23-20-17-14-11-8-5-2/h34,36-38,40-41,52H,4-33,35,39H2,1-3H3. The molecule has 1 N–H and O–H groups in total. The third-order valence-electron chi connectivity index (χ3n) is 11.1. The van der Waals surface area contributed by atoms with Gasteiger partial charge in [0, 0.05) is 37.8 Å². The fourth-order valence-corrected chi connectivity index (χ4v) is 7.38. The van der Waals surface area contributed by atoms with Crippen molar-refractivity contribution in [3.8, 4) is 23.0 Å². The summed E-state index contributed by atoms with van der Waals surface area (Å²) in [6.07, 6.45) is 31.8. The van der Waals surface area contributed by atoms with Gasteiger partial charge in [-0.1, -0.05) is 181 Å². The van der Waals surface area contributed by atoms with E-state index in [4.69, 9.17) is 14.2 Å². The number of benzene rings is 2. The molecule has 0 radical (unpaired) electrons. The summed E-state index contributed by atoms with van der Waals surface area (Å²) in [7, 11) is 0. The van der Waals surface area contributed by atoms with Crippen molar-refractivity contribution < 1.29 is 38.5 Å². The molecule has 0 saturated carbocycles. The molecule has 2 aromatic carbocycles. The van der Waals surface area contributed by atoms with Crippen molar-refractivity contribution in [3.63, 3.8) is 0 Å². The number of carbonyl (C=O) groups is 4. The van der Waals surface area contributed by atoms with E-state index in [0.717, 1.165) is 57.8 Å². The summed E-state index contributed by atoms with van der Waals surface area (Å²) in [4.78, 5) is 52.3. The van der Waals surface area contributed by atoms with Crippen LogP contribution in [0.15, 0.2) is 36.4 Å². The molecule has 0 aliphatic rings. The molecule has 332 valence electrons. The molecule has 2 aromatic rings. The molecule has 0 spiro atoms. The number of phenols is 1. The van der Waals surface area contributed by atoms with Crippen molar-refractivity contribution in [2.75, 3.05) is 0 Å². The van der Waals surface area contributed by atoms with E-state index in [-0.39, 0.29) is 72.0 Å². The minimum atomic E-state index is -0.431. The Kier molecular flexibility index (Phi) is 29.7. The SMILES string of the molecule is CCCCCCCCCCCC(=O)Oc1ccc(C(=O)CCc2ccc(O)cc2OC(=O)CCCCCCCCCCC)c(OC(=O)CCCCCCCCCCC)c1.